The molecule has 140 valence electrons. The zero-order chi connectivity index (χ0) is 19.5. The molecule has 6 nitrogen and oxygen atoms in total. The average Bonchev–Trinajstić information content (AvgIpc) is 3.26. The molecule has 0 fully saturated rings. The van der Waals surface area contributed by atoms with E-state index in [0.29, 0.717) is 12.1 Å². The minimum atomic E-state index is -0.110. The van der Waals surface area contributed by atoms with Crippen LogP contribution >= 0.6 is 0 Å². The Morgan fingerprint density at radius 2 is 2.00 bits per heavy atom. The lowest BCUT2D eigenvalue weighted by Gasteiger charge is -2.12. The zero-order valence-electron chi connectivity index (χ0n) is 15.8. The van der Waals surface area contributed by atoms with E-state index in [2.05, 4.69) is 34.1 Å². The summed E-state index contributed by atoms with van der Waals surface area (Å²) in [5.74, 6) is 0.899. The molecule has 1 aromatic carbocycles. The second kappa shape index (κ2) is 7.60. The van der Waals surface area contributed by atoms with Crippen molar-refractivity contribution in [2.75, 3.05) is 0 Å². The van der Waals surface area contributed by atoms with Crippen molar-refractivity contribution in [1.29, 1.82) is 0 Å². The van der Waals surface area contributed by atoms with Gasteiger partial charge in [-0.2, -0.15) is 0 Å². The molecule has 1 amide bonds. The molecule has 0 saturated heterocycles. The summed E-state index contributed by atoms with van der Waals surface area (Å²) in [5, 5.41) is 3.89. The van der Waals surface area contributed by atoms with E-state index in [9.17, 15) is 4.79 Å². The van der Waals surface area contributed by atoms with Gasteiger partial charge < -0.3 is 5.32 Å². The number of para-hydroxylation sites is 1. The van der Waals surface area contributed by atoms with Crippen LogP contribution in [0.15, 0.2) is 67.4 Å². The van der Waals surface area contributed by atoms with Gasteiger partial charge in [0.15, 0.2) is 0 Å². The summed E-state index contributed by atoms with van der Waals surface area (Å²) in [7, 11) is 0. The highest BCUT2D eigenvalue weighted by Gasteiger charge is 2.14. The Balaban J connectivity index is 1.58. The van der Waals surface area contributed by atoms with Crippen molar-refractivity contribution in [3.63, 3.8) is 0 Å². The molecular weight excluding hydrogens is 350 g/mol. The van der Waals surface area contributed by atoms with Crippen LogP contribution in [0.2, 0.25) is 0 Å². The van der Waals surface area contributed by atoms with E-state index in [1.807, 2.05) is 53.2 Å². The minimum Gasteiger partial charge on any atom is -0.348 e. The summed E-state index contributed by atoms with van der Waals surface area (Å²) in [5.41, 5.74) is 3.37. The molecule has 0 aliphatic rings. The van der Waals surface area contributed by atoms with Crippen molar-refractivity contribution < 1.29 is 4.79 Å². The summed E-state index contributed by atoms with van der Waals surface area (Å²) < 4.78 is 1.83. The molecule has 1 N–H and O–H groups in total. The molecule has 28 heavy (non-hydrogen) atoms. The van der Waals surface area contributed by atoms with Gasteiger partial charge in [0.25, 0.3) is 5.91 Å². The van der Waals surface area contributed by atoms with E-state index in [1.54, 1.807) is 18.7 Å². The molecule has 0 spiro atoms. The maximum absolute atomic E-state index is 13.0. The van der Waals surface area contributed by atoms with Crippen LogP contribution in [-0.2, 0) is 6.54 Å². The van der Waals surface area contributed by atoms with Crippen LogP contribution < -0.4 is 5.32 Å². The standard InChI is InChI=1S/C22H21N5O/c1-15(2)20-12-18(17-5-3-4-6-19(17)26-20)22(28)25-13-16-7-8-24-21(11-16)27-10-9-23-14-27/h3-12,14-15H,13H2,1-2H3,(H,25,28). The van der Waals surface area contributed by atoms with E-state index in [1.165, 1.54) is 0 Å². The molecule has 0 aliphatic carbocycles. The largest absolute Gasteiger partial charge is 0.348 e. The number of benzene rings is 1. The van der Waals surface area contributed by atoms with Crippen molar-refractivity contribution in [1.82, 2.24) is 24.8 Å². The normalized spacial score (nSPS) is 11.1. The number of nitrogens with one attached hydrogen (secondary N) is 1. The second-order valence-corrected chi connectivity index (χ2v) is 6.94. The molecule has 3 aromatic heterocycles. The summed E-state index contributed by atoms with van der Waals surface area (Å²) in [6.07, 6.45) is 6.97. The van der Waals surface area contributed by atoms with Crippen molar-refractivity contribution >= 4 is 16.8 Å². The van der Waals surface area contributed by atoms with Crippen LogP contribution in [0.25, 0.3) is 16.7 Å². The van der Waals surface area contributed by atoms with Crippen molar-refractivity contribution in [2.24, 2.45) is 0 Å². The number of amides is 1. The Morgan fingerprint density at radius 1 is 1.14 bits per heavy atom. The monoisotopic (exact) mass is 371 g/mol. The van der Waals surface area contributed by atoms with E-state index in [-0.39, 0.29) is 11.8 Å². The molecule has 0 atom stereocenters. The molecule has 0 aliphatic heterocycles. The number of fused-ring (bicyclic) bond motifs is 1. The van der Waals surface area contributed by atoms with Crippen LogP contribution in [0, 0.1) is 0 Å². The maximum Gasteiger partial charge on any atom is 0.252 e. The first-order chi connectivity index (χ1) is 13.6. The fourth-order valence-electron chi connectivity index (χ4n) is 3.06. The molecule has 4 rings (SSSR count). The number of nitrogens with zero attached hydrogens (tertiary/aromatic N) is 4. The molecule has 4 aromatic rings. The number of rotatable bonds is 5. The van der Waals surface area contributed by atoms with Gasteiger partial charge >= 0.3 is 0 Å². The van der Waals surface area contributed by atoms with Gasteiger partial charge in [0.1, 0.15) is 12.1 Å². The third-order valence-electron chi connectivity index (χ3n) is 4.60. The Bertz CT molecular complexity index is 1120. The molecule has 3 heterocycles. The van der Waals surface area contributed by atoms with Gasteiger partial charge in [0.2, 0.25) is 0 Å². The number of aromatic nitrogens is 4. The number of carbonyl (C=O) groups is 1. The summed E-state index contributed by atoms with van der Waals surface area (Å²) >= 11 is 0. The van der Waals surface area contributed by atoms with Gasteiger partial charge in [-0.1, -0.05) is 32.0 Å². The number of imidazole rings is 1. The average molecular weight is 371 g/mol. The molecule has 0 saturated carbocycles. The van der Waals surface area contributed by atoms with Gasteiger partial charge in [-0.05, 0) is 35.7 Å². The Hall–Kier alpha value is -3.54. The number of carbonyl (C=O) groups excluding carboxylic acids is 1. The van der Waals surface area contributed by atoms with Crippen LogP contribution in [0.1, 0.15) is 41.4 Å². The lowest BCUT2D eigenvalue weighted by molar-refractivity contribution is 0.0952. The van der Waals surface area contributed by atoms with Crippen molar-refractivity contribution in [3.05, 3.63) is 84.2 Å². The maximum atomic E-state index is 13.0. The molecule has 0 unspecified atom stereocenters. The highest BCUT2D eigenvalue weighted by molar-refractivity contribution is 6.06. The molecule has 0 bridgehead atoms. The van der Waals surface area contributed by atoms with Gasteiger partial charge in [0.05, 0.1) is 11.1 Å². The summed E-state index contributed by atoms with van der Waals surface area (Å²) in [6, 6.07) is 13.5. The van der Waals surface area contributed by atoms with Crippen LogP contribution in [0.4, 0.5) is 0 Å². The lowest BCUT2D eigenvalue weighted by Crippen LogP contribution is -2.23. The first-order valence-corrected chi connectivity index (χ1v) is 9.23. The number of pyridine rings is 2. The summed E-state index contributed by atoms with van der Waals surface area (Å²) in [4.78, 5) is 26.0. The Kier molecular flexibility index (Phi) is 4.85. The zero-order valence-corrected chi connectivity index (χ0v) is 15.8. The van der Waals surface area contributed by atoms with Crippen LogP contribution in [0.3, 0.4) is 0 Å². The van der Waals surface area contributed by atoms with Crippen LogP contribution in [-0.4, -0.2) is 25.4 Å². The smallest absolute Gasteiger partial charge is 0.252 e. The van der Waals surface area contributed by atoms with Gasteiger partial charge in [-0.15, -0.1) is 0 Å². The molecule has 6 heteroatoms. The topological polar surface area (TPSA) is 72.7 Å². The SMILES string of the molecule is CC(C)c1cc(C(=O)NCc2ccnc(-n3ccnc3)c2)c2ccccc2n1. The first-order valence-electron chi connectivity index (χ1n) is 9.23. The van der Waals surface area contributed by atoms with Crippen molar-refractivity contribution in [3.8, 4) is 5.82 Å². The van der Waals surface area contributed by atoms with E-state index >= 15 is 0 Å². The molecular formula is C22H21N5O. The third kappa shape index (κ3) is 3.62. The fourth-order valence-corrected chi connectivity index (χ4v) is 3.06. The van der Waals surface area contributed by atoms with Crippen LogP contribution in [0.5, 0.6) is 0 Å². The van der Waals surface area contributed by atoms with Gasteiger partial charge in [-0.25, -0.2) is 9.97 Å². The molecule has 0 radical (unpaired) electrons. The highest BCUT2D eigenvalue weighted by Crippen LogP contribution is 2.22. The third-order valence-corrected chi connectivity index (χ3v) is 4.60. The lowest BCUT2D eigenvalue weighted by atomic mass is 10.0. The van der Waals surface area contributed by atoms with Gasteiger partial charge in [0, 0.05) is 36.2 Å². The van der Waals surface area contributed by atoms with E-state index in [0.717, 1.165) is 28.0 Å². The first kappa shape index (κ1) is 17.9. The number of hydrogen-bond acceptors (Lipinski definition) is 4. The van der Waals surface area contributed by atoms with E-state index < -0.39 is 0 Å². The van der Waals surface area contributed by atoms with Crippen molar-refractivity contribution in [2.45, 2.75) is 26.3 Å². The van der Waals surface area contributed by atoms with Gasteiger partial charge in [-0.3, -0.25) is 14.3 Å². The Morgan fingerprint density at radius 3 is 2.79 bits per heavy atom. The quantitative estimate of drug-likeness (QED) is 0.578. The fraction of sp³-hybridized carbons (Fsp3) is 0.182. The summed E-state index contributed by atoms with van der Waals surface area (Å²) in [6.45, 7) is 4.57. The highest BCUT2D eigenvalue weighted by atomic mass is 16.1. The predicted molar refractivity (Wildman–Crippen MR) is 108 cm³/mol. The Labute approximate surface area is 163 Å². The minimum absolute atomic E-state index is 0.110. The predicted octanol–water partition coefficient (Wildman–Crippen LogP) is 3.87. The van der Waals surface area contributed by atoms with E-state index in [4.69, 9.17) is 0 Å². The second-order valence-electron chi connectivity index (χ2n) is 6.94. The number of hydrogen-bond donors (Lipinski definition) is 1.